The molecule has 1 saturated heterocycles. The topological polar surface area (TPSA) is 99.2 Å². The van der Waals surface area contributed by atoms with Crippen LogP contribution in [0.2, 0.25) is 0 Å². The van der Waals surface area contributed by atoms with Gasteiger partial charge in [-0.2, -0.15) is 0 Å². The number of carbonyl (C=O) groups is 1. The Morgan fingerprint density at radius 3 is 2.78 bits per heavy atom. The number of aromatic nitrogens is 4. The van der Waals surface area contributed by atoms with Crippen LogP contribution >= 0.6 is 0 Å². The van der Waals surface area contributed by atoms with Gasteiger partial charge in [0.2, 0.25) is 5.95 Å². The number of alkyl halides is 1. The van der Waals surface area contributed by atoms with Gasteiger partial charge in [-0.1, -0.05) is 12.1 Å². The van der Waals surface area contributed by atoms with Gasteiger partial charge in [0.15, 0.2) is 5.82 Å². The van der Waals surface area contributed by atoms with Gasteiger partial charge in [0, 0.05) is 43.3 Å². The highest BCUT2D eigenvalue weighted by atomic mass is 19.1. The van der Waals surface area contributed by atoms with Crippen LogP contribution in [0.15, 0.2) is 55.0 Å². The second kappa shape index (κ2) is 9.73. The molecule has 10 heteroatoms. The number of nitrogens with zero attached hydrogens (tertiary/aromatic N) is 6. The fourth-order valence-electron chi connectivity index (χ4n) is 4.08. The van der Waals surface area contributed by atoms with Crippen LogP contribution in [0.1, 0.15) is 22.3 Å². The average molecular weight is 487 g/mol. The molecule has 2 aromatic heterocycles. The molecule has 0 spiro atoms. The van der Waals surface area contributed by atoms with Crippen LogP contribution in [0.3, 0.4) is 0 Å². The minimum atomic E-state index is -0.879. The summed E-state index contributed by atoms with van der Waals surface area (Å²) in [6.07, 6.45) is 2.64. The Bertz CT molecular complexity index is 1430. The van der Waals surface area contributed by atoms with Crippen molar-refractivity contribution >= 4 is 45.8 Å². The lowest BCUT2D eigenvalue weighted by Crippen LogP contribution is -2.22. The Morgan fingerprint density at radius 2 is 2.00 bits per heavy atom. The monoisotopic (exact) mass is 486 g/mol. The van der Waals surface area contributed by atoms with Crippen molar-refractivity contribution in [2.45, 2.75) is 19.5 Å². The van der Waals surface area contributed by atoms with E-state index in [9.17, 15) is 9.18 Å². The van der Waals surface area contributed by atoms with Crippen molar-refractivity contribution < 1.29 is 9.18 Å². The van der Waals surface area contributed by atoms with Crippen molar-refractivity contribution in [3.8, 4) is 0 Å². The van der Waals surface area contributed by atoms with Crippen LogP contribution in [0.25, 0.3) is 11.0 Å². The van der Waals surface area contributed by atoms with Crippen LogP contribution in [0.5, 0.6) is 0 Å². The van der Waals surface area contributed by atoms with E-state index in [2.05, 4.69) is 30.6 Å². The molecule has 4 aromatic rings. The maximum Gasteiger partial charge on any atom is 0.255 e. The molecule has 2 aromatic carbocycles. The lowest BCUT2D eigenvalue weighted by Gasteiger charge is -2.16. The summed E-state index contributed by atoms with van der Waals surface area (Å²) in [4.78, 5) is 34.4. The first-order valence-corrected chi connectivity index (χ1v) is 11.7. The molecular formula is C26H27FN8O. The molecule has 5 rings (SSSR count). The van der Waals surface area contributed by atoms with E-state index >= 15 is 0 Å². The van der Waals surface area contributed by atoms with Gasteiger partial charge in [0.25, 0.3) is 5.91 Å². The van der Waals surface area contributed by atoms with Crippen molar-refractivity contribution in [1.29, 1.82) is 0 Å². The molecule has 0 radical (unpaired) electrons. The Kier molecular flexibility index (Phi) is 6.32. The van der Waals surface area contributed by atoms with E-state index in [1.165, 1.54) is 6.33 Å². The van der Waals surface area contributed by atoms with Gasteiger partial charge >= 0.3 is 0 Å². The van der Waals surface area contributed by atoms with E-state index in [0.717, 1.165) is 16.9 Å². The number of rotatable bonds is 6. The van der Waals surface area contributed by atoms with Gasteiger partial charge in [-0.25, -0.2) is 24.3 Å². The van der Waals surface area contributed by atoms with Crippen LogP contribution in [-0.4, -0.2) is 59.2 Å². The highest BCUT2D eigenvalue weighted by Gasteiger charge is 2.24. The van der Waals surface area contributed by atoms with E-state index in [1.54, 1.807) is 18.3 Å². The van der Waals surface area contributed by atoms with Gasteiger partial charge in [-0.15, -0.1) is 0 Å². The summed E-state index contributed by atoms with van der Waals surface area (Å²) in [5.41, 5.74) is 4.95. The summed E-state index contributed by atoms with van der Waals surface area (Å²) in [7, 11) is 3.90. The molecular weight excluding hydrogens is 459 g/mol. The molecule has 0 aliphatic carbocycles. The van der Waals surface area contributed by atoms with Crippen LogP contribution in [0, 0.1) is 6.92 Å². The highest BCUT2D eigenvalue weighted by Crippen LogP contribution is 2.27. The maximum atomic E-state index is 13.7. The summed E-state index contributed by atoms with van der Waals surface area (Å²) in [6, 6.07) is 13.1. The van der Waals surface area contributed by atoms with E-state index in [-0.39, 0.29) is 12.5 Å². The number of anilines is 5. The first-order valence-electron chi connectivity index (χ1n) is 11.7. The predicted octanol–water partition coefficient (Wildman–Crippen LogP) is 4.34. The minimum Gasteiger partial charge on any atom is -0.378 e. The van der Waals surface area contributed by atoms with Crippen LogP contribution in [0.4, 0.5) is 33.2 Å². The highest BCUT2D eigenvalue weighted by molar-refractivity contribution is 6.05. The molecule has 1 aliphatic heterocycles. The number of hydrogen-bond donors (Lipinski definition) is 2. The molecule has 1 atom stereocenters. The van der Waals surface area contributed by atoms with E-state index in [4.69, 9.17) is 0 Å². The number of nitrogens with one attached hydrogen (secondary N) is 2. The number of amides is 1. The summed E-state index contributed by atoms with van der Waals surface area (Å²) < 4.78 is 13.7. The maximum absolute atomic E-state index is 13.7. The zero-order valence-electron chi connectivity index (χ0n) is 20.4. The van der Waals surface area contributed by atoms with Crippen LogP contribution in [-0.2, 0) is 0 Å². The number of aryl methyl sites for hydroxylation is 1. The summed E-state index contributed by atoms with van der Waals surface area (Å²) in [5, 5.41) is 6.26. The van der Waals surface area contributed by atoms with E-state index in [0.29, 0.717) is 47.0 Å². The molecule has 0 bridgehead atoms. The Balaban J connectivity index is 1.41. The molecule has 0 saturated carbocycles. The van der Waals surface area contributed by atoms with Gasteiger partial charge < -0.3 is 20.4 Å². The lowest BCUT2D eigenvalue weighted by atomic mass is 10.1. The zero-order valence-corrected chi connectivity index (χ0v) is 20.4. The second-order valence-electron chi connectivity index (χ2n) is 9.01. The molecule has 2 N–H and O–H groups in total. The molecule has 1 amide bonds. The standard InChI is InChI=1S/C26H27FN8O/c1-16-7-8-17(25(36)31-19-5-4-6-20(12-19)34(2)3)11-21(16)32-24-23-22(29-15-30-24)13-28-26(33-23)35-10-9-18(27)14-35/h4-8,11-13,15,18H,9-10,14H2,1-3H3,(H,31,36)(H,29,30,32). The number of hydrogen-bond acceptors (Lipinski definition) is 8. The molecule has 1 aliphatic rings. The first kappa shape index (κ1) is 23.4. The minimum absolute atomic E-state index is 0.221. The Morgan fingerprint density at radius 1 is 1.14 bits per heavy atom. The summed E-state index contributed by atoms with van der Waals surface area (Å²) in [6.45, 7) is 2.78. The molecule has 184 valence electrons. The largest absolute Gasteiger partial charge is 0.378 e. The van der Waals surface area contributed by atoms with Gasteiger partial charge in [0.05, 0.1) is 12.7 Å². The predicted molar refractivity (Wildman–Crippen MR) is 140 cm³/mol. The van der Waals surface area contributed by atoms with E-state index in [1.807, 2.05) is 61.2 Å². The lowest BCUT2D eigenvalue weighted by molar-refractivity contribution is 0.102. The van der Waals surface area contributed by atoms with E-state index < -0.39 is 6.17 Å². The Labute approximate surface area is 208 Å². The quantitative estimate of drug-likeness (QED) is 0.415. The third-order valence-electron chi connectivity index (χ3n) is 6.15. The second-order valence-corrected chi connectivity index (χ2v) is 9.01. The average Bonchev–Trinajstić information content (AvgIpc) is 3.31. The third-order valence-corrected chi connectivity index (χ3v) is 6.15. The molecule has 36 heavy (non-hydrogen) atoms. The first-order chi connectivity index (χ1) is 17.4. The zero-order chi connectivity index (χ0) is 25.2. The number of benzene rings is 2. The molecule has 1 unspecified atom stereocenters. The fraction of sp³-hybridized carbons (Fsp3) is 0.269. The Hall–Kier alpha value is -4.34. The van der Waals surface area contributed by atoms with Crippen molar-refractivity contribution in [2.24, 2.45) is 0 Å². The van der Waals surface area contributed by atoms with Crippen LogP contribution < -0.4 is 20.4 Å². The van der Waals surface area contributed by atoms with Gasteiger partial charge in [-0.3, -0.25) is 4.79 Å². The normalized spacial score (nSPS) is 15.2. The summed E-state index contributed by atoms with van der Waals surface area (Å²) >= 11 is 0. The van der Waals surface area contributed by atoms with Gasteiger partial charge in [-0.05, 0) is 49.2 Å². The third kappa shape index (κ3) is 4.88. The summed E-state index contributed by atoms with van der Waals surface area (Å²) in [5.74, 6) is 0.713. The molecule has 9 nitrogen and oxygen atoms in total. The fourth-order valence-corrected chi connectivity index (χ4v) is 4.08. The SMILES string of the molecule is Cc1ccc(C(=O)Nc2cccc(N(C)C)c2)cc1Nc1ncnc2cnc(N3CCC(F)C3)nc12. The van der Waals surface area contributed by atoms with Crippen molar-refractivity contribution in [3.05, 3.63) is 66.1 Å². The smallest absolute Gasteiger partial charge is 0.255 e. The molecule has 3 heterocycles. The molecule has 1 fully saturated rings. The van der Waals surface area contributed by atoms with Gasteiger partial charge in [0.1, 0.15) is 23.5 Å². The number of carbonyl (C=O) groups excluding carboxylic acids is 1. The number of fused-ring (bicyclic) bond motifs is 1. The number of halogens is 1. The van der Waals surface area contributed by atoms with Crippen molar-refractivity contribution in [2.75, 3.05) is 47.6 Å². The van der Waals surface area contributed by atoms with Crippen molar-refractivity contribution in [1.82, 2.24) is 19.9 Å². The van der Waals surface area contributed by atoms with Crippen molar-refractivity contribution in [3.63, 3.8) is 0 Å².